The molecule has 2 rings (SSSR count). The molecule has 10 nitrogen and oxygen atoms in total. The number of nitrogens with zero attached hydrogens (tertiary/aromatic N) is 2. The first-order chi connectivity index (χ1) is 13.1. The van der Waals surface area contributed by atoms with E-state index in [9.17, 15) is 8.42 Å². The highest BCUT2D eigenvalue weighted by Gasteiger charge is 2.08. The highest BCUT2D eigenvalue weighted by atomic mass is 32.2. The molecule has 0 atom stereocenters. The molecule has 0 spiro atoms. The maximum Gasteiger partial charge on any atom is 0.425 e. The summed E-state index contributed by atoms with van der Waals surface area (Å²) in [6.45, 7) is 1.97. The average Bonchev–Trinajstić information content (AvgIpc) is 2.59. The Hall–Kier alpha value is -2.83. The van der Waals surface area contributed by atoms with Gasteiger partial charge in [-0.1, -0.05) is 18.2 Å². The van der Waals surface area contributed by atoms with Crippen molar-refractivity contribution >= 4 is 37.8 Å². The van der Waals surface area contributed by atoms with Crippen LogP contribution in [0.4, 0.5) is 17.1 Å². The monoisotopic (exact) mass is 429 g/mol. The minimum atomic E-state index is -3.99. The second kappa shape index (κ2) is 11.1. The van der Waals surface area contributed by atoms with E-state index in [0.29, 0.717) is 17.1 Å². The third-order valence-corrected chi connectivity index (χ3v) is 3.97. The van der Waals surface area contributed by atoms with Gasteiger partial charge >= 0.3 is 10.6 Å². The fourth-order valence-electron chi connectivity index (χ4n) is 1.96. The Morgan fingerprint density at radius 2 is 1.71 bits per heavy atom. The van der Waals surface area contributed by atoms with Crippen LogP contribution < -0.4 is 10.5 Å². The fourth-order valence-corrected chi connectivity index (χ4v) is 2.44. The van der Waals surface area contributed by atoms with E-state index in [1.807, 2.05) is 37.3 Å². The van der Waals surface area contributed by atoms with Crippen molar-refractivity contribution in [3.8, 4) is 5.75 Å². The second-order valence-electron chi connectivity index (χ2n) is 5.40. The Bertz CT molecular complexity index is 1020. The molecular formula is C16H19N3O7S2. The molecular weight excluding hydrogens is 410 g/mol. The van der Waals surface area contributed by atoms with Crippen LogP contribution in [0.2, 0.25) is 0 Å². The molecule has 0 aliphatic rings. The van der Waals surface area contributed by atoms with Crippen molar-refractivity contribution in [1.29, 1.82) is 0 Å². The molecule has 2 aromatic carbocycles. The molecule has 0 radical (unpaired) electrons. The van der Waals surface area contributed by atoms with Gasteiger partial charge in [0.15, 0.2) is 0 Å². The Labute approximate surface area is 163 Å². The molecule has 0 aliphatic carbocycles. The number of azo groups is 1. The summed E-state index contributed by atoms with van der Waals surface area (Å²) in [6, 6.07) is 12.7. The lowest BCUT2D eigenvalue weighted by Gasteiger charge is -2.10. The Balaban J connectivity index is 0.000000892. The summed E-state index contributed by atoms with van der Waals surface area (Å²) in [6.07, 6.45) is 0.160. The third kappa shape index (κ3) is 9.75. The topological polar surface area (TPSA) is 166 Å². The van der Waals surface area contributed by atoms with Crippen molar-refractivity contribution in [1.82, 2.24) is 0 Å². The van der Waals surface area contributed by atoms with Gasteiger partial charge in [-0.25, -0.2) is 0 Å². The van der Waals surface area contributed by atoms with Crippen LogP contribution >= 0.6 is 0 Å². The van der Waals surface area contributed by atoms with Crippen LogP contribution in [0.3, 0.4) is 0 Å². The van der Waals surface area contributed by atoms with Crippen LogP contribution in [0.15, 0.2) is 52.7 Å². The average molecular weight is 429 g/mol. The zero-order valence-electron chi connectivity index (χ0n) is 14.8. The summed E-state index contributed by atoms with van der Waals surface area (Å²) >= 11 is 0. The number of hydrogen-bond donors (Lipinski definition) is 2. The molecule has 0 saturated heterocycles. The lowest BCUT2D eigenvalue weighted by atomic mass is 10.1. The van der Waals surface area contributed by atoms with Crippen LogP contribution in [0.5, 0.6) is 5.75 Å². The molecule has 0 heterocycles. The van der Waals surface area contributed by atoms with E-state index < -0.39 is 20.7 Å². The lowest BCUT2D eigenvalue weighted by Crippen LogP contribution is -2.09. The van der Waals surface area contributed by atoms with Gasteiger partial charge in [0.2, 0.25) is 0 Å². The summed E-state index contributed by atoms with van der Waals surface area (Å²) < 4.78 is 60.9. The van der Waals surface area contributed by atoms with Crippen molar-refractivity contribution in [2.45, 2.75) is 13.3 Å². The predicted molar refractivity (Wildman–Crippen MR) is 102 cm³/mol. The Morgan fingerprint density at radius 1 is 1.11 bits per heavy atom. The SMILES string of the molecule is Cc1cc(N)c(OCCCS(=O)(=O)O)cc1N=Nc1ccccc1.O=S(=O)=O. The molecule has 0 saturated carbocycles. The van der Waals surface area contributed by atoms with Gasteiger partial charge in [-0.05, 0) is 37.1 Å². The van der Waals surface area contributed by atoms with E-state index in [2.05, 4.69) is 10.2 Å². The van der Waals surface area contributed by atoms with Crippen LogP contribution in [-0.4, -0.2) is 38.0 Å². The number of nitrogens with two attached hydrogens (primary N) is 1. The molecule has 0 bridgehead atoms. The van der Waals surface area contributed by atoms with Crippen LogP contribution in [0.1, 0.15) is 12.0 Å². The van der Waals surface area contributed by atoms with Gasteiger partial charge in [0.1, 0.15) is 5.75 Å². The van der Waals surface area contributed by atoms with Crippen molar-refractivity contribution in [2.24, 2.45) is 10.2 Å². The summed E-state index contributed by atoms with van der Waals surface area (Å²) in [4.78, 5) is 0. The van der Waals surface area contributed by atoms with Gasteiger partial charge in [0, 0.05) is 6.07 Å². The molecule has 3 N–H and O–H groups in total. The zero-order chi connectivity index (χ0) is 21.2. The van der Waals surface area contributed by atoms with E-state index in [0.717, 1.165) is 11.3 Å². The lowest BCUT2D eigenvalue weighted by molar-refractivity contribution is 0.318. The number of aryl methyl sites for hydroxylation is 1. The minimum Gasteiger partial charge on any atom is -0.491 e. The minimum absolute atomic E-state index is 0.113. The smallest absolute Gasteiger partial charge is 0.425 e. The molecule has 2 aromatic rings. The van der Waals surface area contributed by atoms with E-state index in [1.54, 1.807) is 12.1 Å². The maximum atomic E-state index is 10.7. The number of benzene rings is 2. The highest BCUT2D eigenvalue weighted by molar-refractivity contribution is 7.85. The second-order valence-corrected chi connectivity index (χ2v) is 7.38. The van der Waals surface area contributed by atoms with E-state index in [1.165, 1.54) is 0 Å². The maximum absolute atomic E-state index is 10.7. The molecule has 0 amide bonds. The Kier molecular flexibility index (Phi) is 9.21. The van der Waals surface area contributed by atoms with Gasteiger partial charge < -0.3 is 10.5 Å². The largest absolute Gasteiger partial charge is 0.491 e. The number of nitrogen functional groups attached to an aromatic ring is 1. The van der Waals surface area contributed by atoms with Gasteiger partial charge in [0.25, 0.3) is 10.1 Å². The van der Waals surface area contributed by atoms with E-state index in [-0.39, 0.29) is 18.8 Å². The molecule has 28 heavy (non-hydrogen) atoms. The third-order valence-electron chi connectivity index (χ3n) is 3.16. The van der Waals surface area contributed by atoms with Crippen molar-refractivity contribution < 1.29 is 30.3 Å². The summed E-state index contributed by atoms with van der Waals surface area (Å²) in [5, 5.41) is 8.35. The number of anilines is 1. The zero-order valence-corrected chi connectivity index (χ0v) is 16.5. The first kappa shape index (κ1) is 23.2. The molecule has 0 aliphatic heterocycles. The number of hydrogen-bond acceptors (Lipinski definition) is 9. The molecule has 12 heteroatoms. The fraction of sp³-hybridized carbons (Fsp3) is 0.250. The standard InChI is InChI=1S/C16H19N3O4S.O3S/c1-12-10-14(17)16(23-8-5-9-24(20,21)22)11-15(12)19-18-13-6-3-2-4-7-13;1-4(2)3/h2-4,6-7,10-11H,5,8-9,17H2,1H3,(H,20,21,22);. The van der Waals surface area contributed by atoms with Crippen LogP contribution in [0, 0.1) is 6.92 Å². The predicted octanol–water partition coefficient (Wildman–Crippen LogP) is 2.65. The molecule has 0 aromatic heterocycles. The van der Waals surface area contributed by atoms with E-state index >= 15 is 0 Å². The van der Waals surface area contributed by atoms with Gasteiger partial charge in [0.05, 0.1) is 29.4 Å². The first-order valence-corrected chi connectivity index (χ1v) is 10.4. The quantitative estimate of drug-likeness (QED) is 0.293. The number of rotatable bonds is 7. The van der Waals surface area contributed by atoms with Crippen LogP contribution in [-0.2, 0) is 20.7 Å². The van der Waals surface area contributed by atoms with Crippen molar-refractivity contribution in [3.05, 3.63) is 48.0 Å². The van der Waals surface area contributed by atoms with Gasteiger partial charge in [-0.15, -0.1) is 12.6 Å². The molecule has 152 valence electrons. The summed E-state index contributed by atoms with van der Waals surface area (Å²) in [7, 11) is -7.10. The molecule has 0 unspecified atom stereocenters. The number of ether oxygens (including phenoxy) is 1. The Morgan fingerprint density at radius 3 is 2.29 bits per heavy atom. The normalized spacial score (nSPS) is 10.9. The van der Waals surface area contributed by atoms with Gasteiger partial charge in [-0.2, -0.15) is 18.6 Å². The van der Waals surface area contributed by atoms with Gasteiger partial charge in [-0.3, -0.25) is 4.55 Å². The van der Waals surface area contributed by atoms with Crippen molar-refractivity contribution in [2.75, 3.05) is 18.1 Å². The summed E-state index contributed by atoms with van der Waals surface area (Å²) in [5.74, 6) is 0.0391. The summed E-state index contributed by atoms with van der Waals surface area (Å²) in [5.41, 5.74) is 8.51. The van der Waals surface area contributed by atoms with Crippen molar-refractivity contribution in [3.63, 3.8) is 0 Å². The van der Waals surface area contributed by atoms with Crippen LogP contribution in [0.25, 0.3) is 0 Å². The molecule has 0 fully saturated rings. The van der Waals surface area contributed by atoms with E-state index in [4.69, 9.17) is 27.6 Å². The highest BCUT2D eigenvalue weighted by Crippen LogP contribution is 2.32. The first-order valence-electron chi connectivity index (χ1n) is 7.80.